The van der Waals surface area contributed by atoms with Gasteiger partial charge < -0.3 is 15.5 Å². The number of piperidine rings is 1. The summed E-state index contributed by atoms with van der Waals surface area (Å²) >= 11 is 0. The van der Waals surface area contributed by atoms with E-state index in [1.54, 1.807) is 6.92 Å². The SMILES string of the molecule is CC(C)CNC(=O)NC(=O)[C@H](C)NC1CCN(C)CC1. The van der Waals surface area contributed by atoms with Crippen LogP contribution in [0.25, 0.3) is 0 Å². The second kappa shape index (κ2) is 8.21. The summed E-state index contributed by atoms with van der Waals surface area (Å²) in [6, 6.07) is -0.417. The summed E-state index contributed by atoms with van der Waals surface area (Å²) in [5.41, 5.74) is 0. The molecule has 1 heterocycles. The van der Waals surface area contributed by atoms with Crippen LogP contribution >= 0.6 is 0 Å². The fourth-order valence-electron chi connectivity index (χ4n) is 2.17. The molecule has 1 aliphatic heterocycles. The van der Waals surface area contributed by atoms with Crippen LogP contribution in [-0.4, -0.2) is 55.6 Å². The second-order valence-electron chi connectivity index (χ2n) is 6.06. The fraction of sp³-hybridized carbons (Fsp3) is 0.857. The van der Waals surface area contributed by atoms with E-state index in [1.807, 2.05) is 13.8 Å². The van der Waals surface area contributed by atoms with Crippen molar-refractivity contribution in [3.8, 4) is 0 Å². The molecule has 3 N–H and O–H groups in total. The number of hydrogen-bond acceptors (Lipinski definition) is 4. The second-order valence-corrected chi connectivity index (χ2v) is 6.06. The Morgan fingerprint density at radius 3 is 2.35 bits per heavy atom. The molecule has 0 aliphatic carbocycles. The summed E-state index contributed by atoms with van der Waals surface area (Å²) in [5, 5.41) is 8.33. The highest BCUT2D eigenvalue weighted by atomic mass is 16.2. The predicted molar refractivity (Wildman–Crippen MR) is 79.5 cm³/mol. The van der Waals surface area contributed by atoms with Gasteiger partial charge in [0.05, 0.1) is 6.04 Å². The Labute approximate surface area is 121 Å². The lowest BCUT2D eigenvalue weighted by molar-refractivity contribution is -0.121. The monoisotopic (exact) mass is 284 g/mol. The van der Waals surface area contributed by atoms with Crippen LogP contribution in [0.5, 0.6) is 0 Å². The minimum atomic E-state index is -0.416. The van der Waals surface area contributed by atoms with Gasteiger partial charge in [-0.15, -0.1) is 0 Å². The lowest BCUT2D eigenvalue weighted by atomic mass is 10.0. The molecule has 6 nitrogen and oxygen atoms in total. The molecule has 1 saturated heterocycles. The van der Waals surface area contributed by atoms with E-state index in [-0.39, 0.29) is 11.9 Å². The number of nitrogens with zero attached hydrogens (tertiary/aromatic N) is 1. The lowest BCUT2D eigenvalue weighted by Gasteiger charge is -2.31. The molecular weight excluding hydrogens is 256 g/mol. The lowest BCUT2D eigenvalue weighted by Crippen LogP contribution is -2.52. The predicted octanol–water partition coefficient (Wildman–Crippen LogP) is 0.541. The standard InChI is InChI=1S/C14H28N4O2/c1-10(2)9-15-14(20)17-13(19)11(3)16-12-5-7-18(4)8-6-12/h10-12,16H,5-9H2,1-4H3,(H2,15,17,19,20)/t11-/m0/s1. The molecule has 116 valence electrons. The first-order valence-electron chi connectivity index (χ1n) is 7.41. The Balaban J connectivity index is 2.26. The smallest absolute Gasteiger partial charge is 0.321 e. The summed E-state index contributed by atoms with van der Waals surface area (Å²) in [4.78, 5) is 25.7. The first kappa shape index (κ1) is 16.9. The van der Waals surface area contributed by atoms with Gasteiger partial charge in [-0.2, -0.15) is 0 Å². The van der Waals surface area contributed by atoms with Crippen LogP contribution in [-0.2, 0) is 4.79 Å². The third-order valence-corrected chi connectivity index (χ3v) is 3.51. The van der Waals surface area contributed by atoms with E-state index in [1.165, 1.54) is 0 Å². The van der Waals surface area contributed by atoms with Gasteiger partial charge in [-0.3, -0.25) is 10.1 Å². The van der Waals surface area contributed by atoms with Crippen molar-refractivity contribution in [2.24, 2.45) is 5.92 Å². The van der Waals surface area contributed by atoms with Gasteiger partial charge in [-0.25, -0.2) is 4.79 Å². The maximum Gasteiger partial charge on any atom is 0.321 e. The highest BCUT2D eigenvalue weighted by molar-refractivity contribution is 5.96. The van der Waals surface area contributed by atoms with Crippen LogP contribution in [0.3, 0.4) is 0 Å². The van der Waals surface area contributed by atoms with Gasteiger partial charge in [0, 0.05) is 12.6 Å². The maximum absolute atomic E-state index is 11.9. The van der Waals surface area contributed by atoms with Gasteiger partial charge in [0.2, 0.25) is 5.91 Å². The van der Waals surface area contributed by atoms with Gasteiger partial charge in [-0.1, -0.05) is 13.8 Å². The van der Waals surface area contributed by atoms with E-state index >= 15 is 0 Å². The topological polar surface area (TPSA) is 73.5 Å². The van der Waals surface area contributed by atoms with Crippen molar-refractivity contribution in [1.29, 1.82) is 0 Å². The van der Waals surface area contributed by atoms with E-state index in [4.69, 9.17) is 0 Å². The largest absolute Gasteiger partial charge is 0.338 e. The summed E-state index contributed by atoms with van der Waals surface area (Å²) in [6.45, 7) is 8.46. The number of likely N-dealkylation sites (tertiary alicyclic amines) is 1. The minimum absolute atomic E-state index is 0.273. The Morgan fingerprint density at radius 1 is 1.20 bits per heavy atom. The molecule has 0 unspecified atom stereocenters. The molecule has 1 aliphatic rings. The van der Waals surface area contributed by atoms with Crippen molar-refractivity contribution in [2.75, 3.05) is 26.7 Å². The highest BCUT2D eigenvalue weighted by Gasteiger charge is 2.22. The number of imide groups is 1. The van der Waals surface area contributed by atoms with E-state index in [9.17, 15) is 9.59 Å². The first-order chi connectivity index (χ1) is 9.38. The van der Waals surface area contributed by atoms with Crippen molar-refractivity contribution < 1.29 is 9.59 Å². The van der Waals surface area contributed by atoms with Crippen LogP contribution in [0.1, 0.15) is 33.6 Å². The Morgan fingerprint density at radius 2 is 1.80 bits per heavy atom. The number of urea groups is 1. The zero-order valence-electron chi connectivity index (χ0n) is 13.0. The Kier molecular flexibility index (Phi) is 6.95. The van der Waals surface area contributed by atoms with Crippen molar-refractivity contribution >= 4 is 11.9 Å². The third kappa shape index (κ3) is 6.34. The van der Waals surface area contributed by atoms with Crippen LogP contribution in [0.2, 0.25) is 0 Å². The van der Waals surface area contributed by atoms with Gasteiger partial charge in [0.15, 0.2) is 0 Å². The quantitative estimate of drug-likeness (QED) is 0.689. The van der Waals surface area contributed by atoms with Crippen LogP contribution < -0.4 is 16.0 Å². The molecule has 0 aromatic rings. The summed E-state index contributed by atoms with van der Waals surface area (Å²) in [6.07, 6.45) is 2.07. The molecule has 0 bridgehead atoms. The van der Waals surface area contributed by atoms with Gasteiger partial charge in [0.1, 0.15) is 0 Å². The summed E-state index contributed by atoms with van der Waals surface area (Å²) in [7, 11) is 2.10. The van der Waals surface area contributed by atoms with Crippen LogP contribution in [0.4, 0.5) is 4.79 Å². The number of carbonyl (C=O) groups excluding carboxylic acids is 2. The van der Waals surface area contributed by atoms with Gasteiger partial charge in [-0.05, 0) is 45.8 Å². The van der Waals surface area contributed by atoms with Crippen molar-refractivity contribution in [3.63, 3.8) is 0 Å². The summed E-state index contributed by atoms with van der Waals surface area (Å²) in [5.74, 6) is 0.0933. The molecule has 1 fully saturated rings. The fourth-order valence-corrected chi connectivity index (χ4v) is 2.17. The summed E-state index contributed by atoms with van der Waals surface area (Å²) < 4.78 is 0. The van der Waals surface area contributed by atoms with E-state index in [0.29, 0.717) is 18.5 Å². The average molecular weight is 284 g/mol. The van der Waals surface area contributed by atoms with Crippen molar-refractivity contribution in [2.45, 2.75) is 45.7 Å². The molecule has 0 radical (unpaired) electrons. The number of nitrogens with one attached hydrogen (secondary N) is 3. The van der Waals surface area contributed by atoms with Crippen molar-refractivity contribution in [3.05, 3.63) is 0 Å². The molecule has 1 rings (SSSR count). The number of amides is 3. The van der Waals surface area contributed by atoms with E-state index < -0.39 is 6.03 Å². The normalized spacial score (nSPS) is 18.9. The average Bonchev–Trinajstić information content (AvgIpc) is 2.39. The molecule has 0 saturated carbocycles. The van der Waals surface area contributed by atoms with E-state index in [0.717, 1.165) is 25.9 Å². The molecular formula is C14H28N4O2. The van der Waals surface area contributed by atoms with E-state index in [2.05, 4.69) is 27.9 Å². The molecule has 3 amide bonds. The third-order valence-electron chi connectivity index (χ3n) is 3.51. The van der Waals surface area contributed by atoms with Crippen LogP contribution in [0.15, 0.2) is 0 Å². The highest BCUT2D eigenvalue weighted by Crippen LogP contribution is 2.08. The Hall–Kier alpha value is -1.14. The minimum Gasteiger partial charge on any atom is -0.338 e. The molecule has 0 spiro atoms. The zero-order valence-corrected chi connectivity index (χ0v) is 13.0. The Bertz CT molecular complexity index is 325. The van der Waals surface area contributed by atoms with Crippen LogP contribution in [0, 0.1) is 5.92 Å². The first-order valence-corrected chi connectivity index (χ1v) is 7.41. The molecule has 1 atom stereocenters. The maximum atomic E-state index is 11.9. The zero-order chi connectivity index (χ0) is 15.1. The molecule has 20 heavy (non-hydrogen) atoms. The van der Waals surface area contributed by atoms with Crippen molar-refractivity contribution in [1.82, 2.24) is 20.9 Å². The van der Waals surface area contributed by atoms with Gasteiger partial charge >= 0.3 is 6.03 Å². The molecule has 0 aromatic heterocycles. The molecule has 6 heteroatoms. The number of hydrogen-bond donors (Lipinski definition) is 3. The molecule has 0 aromatic carbocycles. The number of rotatable bonds is 5. The van der Waals surface area contributed by atoms with Gasteiger partial charge in [0.25, 0.3) is 0 Å². The number of carbonyl (C=O) groups is 2.